The van der Waals surface area contributed by atoms with Crippen molar-refractivity contribution in [2.24, 2.45) is 11.8 Å². The Kier molecular flexibility index (Phi) is 4.80. The molecule has 2 aromatic rings. The maximum Gasteiger partial charge on any atom is 0.235 e. The maximum absolute atomic E-state index is 14.0. The molecule has 2 aromatic carbocycles. The summed E-state index contributed by atoms with van der Waals surface area (Å²) in [7, 11) is 1.56. The minimum absolute atomic E-state index is 0.0236. The van der Waals surface area contributed by atoms with Crippen molar-refractivity contribution in [1.82, 2.24) is 4.90 Å². The minimum Gasteiger partial charge on any atom is -0.504 e. The number of aryl methyl sites for hydroxylation is 1. The number of benzene rings is 2. The number of carbonyl (C=O) groups excluding carboxylic acids is 2. The Bertz CT molecular complexity index is 1340. The molecule has 5 aliphatic rings. The normalized spacial score (nSPS) is 33.5. The van der Waals surface area contributed by atoms with Gasteiger partial charge in [0.05, 0.1) is 18.1 Å². The first-order chi connectivity index (χ1) is 17.8. The molecular formula is C29H32N2O6. The number of anilines is 1. The predicted molar refractivity (Wildman–Crippen MR) is 135 cm³/mol. The van der Waals surface area contributed by atoms with Gasteiger partial charge in [0.1, 0.15) is 11.7 Å². The summed E-state index contributed by atoms with van der Waals surface area (Å²) in [6.07, 6.45) is 2.58. The van der Waals surface area contributed by atoms with E-state index in [0.29, 0.717) is 35.9 Å². The number of ether oxygens (including phenoxy) is 2. The molecule has 5 atom stereocenters. The number of methoxy groups -OCH3 is 1. The van der Waals surface area contributed by atoms with Gasteiger partial charge in [0.2, 0.25) is 5.91 Å². The lowest BCUT2D eigenvalue weighted by molar-refractivity contribution is -0.197. The number of ketones is 1. The summed E-state index contributed by atoms with van der Waals surface area (Å²) >= 11 is 0. The van der Waals surface area contributed by atoms with Crippen LogP contribution in [0.25, 0.3) is 0 Å². The second-order valence-electron chi connectivity index (χ2n) is 11.6. The van der Waals surface area contributed by atoms with Crippen LogP contribution < -0.4 is 14.8 Å². The Hall–Kier alpha value is -3.10. The quantitative estimate of drug-likeness (QED) is 0.538. The van der Waals surface area contributed by atoms with Crippen LogP contribution in [0.3, 0.4) is 0 Å². The molecule has 2 saturated carbocycles. The van der Waals surface area contributed by atoms with Gasteiger partial charge in [-0.15, -0.1) is 0 Å². The van der Waals surface area contributed by atoms with Crippen LogP contribution in [-0.4, -0.2) is 64.7 Å². The highest BCUT2D eigenvalue weighted by molar-refractivity contribution is 6.11. The van der Waals surface area contributed by atoms with Crippen LogP contribution in [0, 0.1) is 18.8 Å². The molecule has 2 aliphatic heterocycles. The van der Waals surface area contributed by atoms with Crippen LogP contribution in [0.15, 0.2) is 30.3 Å². The third kappa shape index (κ3) is 3.03. The zero-order valence-electron chi connectivity index (χ0n) is 21.1. The van der Waals surface area contributed by atoms with Crippen molar-refractivity contribution in [3.63, 3.8) is 0 Å². The van der Waals surface area contributed by atoms with Gasteiger partial charge in [0.15, 0.2) is 23.4 Å². The van der Waals surface area contributed by atoms with Crippen LogP contribution >= 0.6 is 0 Å². The number of piperidine rings is 1. The first-order valence-electron chi connectivity index (χ1n) is 13.2. The van der Waals surface area contributed by atoms with E-state index >= 15 is 0 Å². The molecule has 3 N–H and O–H groups in total. The van der Waals surface area contributed by atoms with Gasteiger partial charge in [-0.3, -0.25) is 14.5 Å². The number of amides is 1. The number of rotatable bonds is 5. The number of Topliss-reactive ketones (excluding diaryl/α,β-unsaturated/α-hetero) is 1. The summed E-state index contributed by atoms with van der Waals surface area (Å²) in [6, 6.07) is 8.70. The van der Waals surface area contributed by atoms with Crippen molar-refractivity contribution in [2.75, 3.05) is 25.5 Å². The number of hydrogen-bond donors (Lipinski definition) is 3. The average molecular weight is 505 g/mol. The van der Waals surface area contributed by atoms with Crippen molar-refractivity contribution < 1.29 is 29.3 Å². The van der Waals surface area contributed by atoms with Gasteiger partial charge in [-0.25, -0.2) is 0 Å². The van der Waals surface area contributed by atoms with Gasteiger partial charge in [-0.2, -0.15) is 0 Å². The van der Waals surface area contributed by atoms with Gasteiger partial charge in [0, 0.05) is 29.9 Å². The summed E-state index contributed by atoms with van der Waals surface area (Å²) in [5.74, 6) is -0.340. The zero-order valence-corrected chi connectivity index (χ0v) is 21.1. The molecule has 1 spiro atoms. The number of nitrogens with one attached hydrogen (secondary N) is 1. The molecule has 3 aliphatic carbocycles. The van der Waals surface area contributed by atoms with Crippen LogP contribution in [0.2, 0.25) is 0 Å². The van der Waals surface area contributed by atoms with Crippen LogP contribution in [0.5, 0.6) is 17.2 Å². The molecule has 2 bridgehead atoms. The largest absolute Gasteiger partial charge is 0.504 e. The number of aliphatic hydroxyl groups is 1. The Morgan fingerprint density at radius 1 is 1.27 bits per heavy atom. The fourth-order valence-corrected chi connectivity index (χ4v) is 7.61. The second kappa shape index (κ2) is 7.71. The maximum atomic E-state index is 14.0. The third-order valence-corrected chi connectivity index (χ3v) is 9.65. The number of hydrogen-bond acceptors (Lipinski definition) is 7. The number of phenolic OH excluding ortho intramolecular Hbond substituents is 1. The summed E-state index contributed by atoms with van der Waals surface area (Å²) in [6.45, 7) is 3.55. The first kappa shape index (κ1) is 23.0. The Morgan fingerprint density at radius 3 is 2.84 bits per heavy atom. The fourth-order valence-electron chi connectivity index (χ4n) is 7.61. The van der Waals surface area contributed by atoms with E-state index in [1.165, 1.54) is 12.8 Å². The van der Waals surface area contributed by atoms with E-state index < -0.39 is 28.9 Å². The molecule has 3 fully saturated rings. The molecule has 0 radical (unpaired) electrons. The Labute approximate surface area is 215 Å². The van der Waals surface area contributed by atoms with E-state index in [1.54, 1.807) is 19.2 Å². The van der Waals surface area contributed by atoms with Gasteiger partial charge in [0.25, 0.3) is 0 Å². The number of carbonyl (C=O) groups is 2. The third-order valence-electron chi connectivity index (χ3n) is 9.65. The number of nitrogens with zero attached hydrogens (tertiary/aromatic N) is 1. The molecule has 0 aromatic heterocycles. The SMILES string of the molecule is COc1ccc(C)c(NC(=O)C2C[C@@]3(O)[C@H]4Cc5ccc(O)c6c5[C@@]3(CCN4CC3CC3)[C@@H](O6)C2=O)c1. The Morgan fingerprint density at radius 2 is 2.08 bits per heavy atom. The van der Waals surface area contributed by atoms with Crippen molar-refractivity contribution in [3.8, 4) is 17.2 Å². The van der Waals surface area contributed by atoms with Crippen LogP contribution in [0.1, 0.15) is 42.4 Å². The molecule has 1 saturated heterocycles. The first-order valence-corrected chi connectivity index (χ1v) is 13.2. The van der Waals surface area contributed by atoms with Gasteiger partial charge < -0.3 is 25.0 Å². The van der Waals surface area contributed by atoms with E-state index in [2.05, 4.69) is 10.2 Å². The van der Waals surface area contributed by atoms with Crippen LogP contribution in [-0.2, 0) is 21.4 Å². The second-order valence-corrected chi connectivity index (χ2v) is 11.6. The van der Waals surface area contributed by atoms with E-state index in [-0.39, 0.29) is 24.0 Å². The molecule has 2 heterocycles. The lowest BCUT2D eigenvalue weighted by atomic mass is 9.47. The number of aromatic hydroxyl groups is 1. The highest BCUT2D eigenvalue weighted by Gasteiger charge is 2.75. The lowest BCUT2D eigenvalue weighted by Gasteiger charge is -2.63. The molecule has 8 nitrogen and oxygen atoms in total. The number of phenols is 1. The van der Waals surface area contributed by atoms with Crippen molar-refractivity contribution in [3.05, 3.63) is 47.0 Å². The molecule has 37 heavy (non-hydrogen) atoms. The Balaban J connectivity index is 1.30. The minimum atomic E-state index is -1.34. The standard InChI is InChI=1S/C29H32N2O6/c1-15-3-7-18(36-2)12-20(15)30-27(34)19-13-29(35)22-11-17-6-8-21(32)25-23(17)28(29,26(37-25)24(19)33)9-10-31(22)14-16-4-5-16/h3,6-8,12,16,19,22,26,32,35H,4-5,9-11,13-14H2,1-2H3,(H,30,34)/t19?,22-,26+,28+,29-/m1/s1. The summed E-state index contributed by atoms with van der Waals surface area (Å²) in [5, 5.41) is 26.3. The highest BCUT2D eigenvalue weighted by atomic mass is 16.5. The summed E-state index contributed by atoms with van der Waals surface area (Å²) in [5.41, 5.74) is 0.914. The predicted octanol–water partition coefficient (Wildman–Crippen LogP) is 2.71. The lowest BCUT2D eigenvalue weighted by Crippen LogP contribution is -2.78. The monoisotopic (exact) mass is 504 g/mol. The van der Waals surface area contributed by atoms with Gasteiger partial charge >= 0.3 is 0 Å². The van der Waals surface area contributed by atoms with Crippen molar-refractivity contribution in [1.29, 1.82) is 0 Å². The average Bonchev–Trinajstić information content (AvgIpc) is 3.62. The van der Waals surface area contributed by atoms with E-state index in [1.807, 2.05) is 25.1 Å². The molecular weight excluding hydrogens is 472 g/mol. The van der Waals surface area contributed by atoms with Gasteiger partial charge in [-0.1, -0.05) is 12.1 Å². The summed E-state index contributed by atoms with van der Waals surface area (Å²) < 4.78 is 11.5. The summed E-state index contributed by atoms with van der Waals surface area (Å²) in [4.78, 5) is 30.0. The smallest absolute Gasteiger partial charge is 0.235 e. The molecule has 8 heteroatoms. The molecule has 7 rings (SSSR count). The topological polar surface area (TPSA) is 108 Å². The molecule has 1 amide bonds. The molecule has 1 unspecified atom stereocenters. The number of likely N-dealkylation sites (tertiary alicyclic amines) is 1. The van der Waals surface area contributed by atoms with E-state index in [9.17, 15) is 19.8 Å². The van der Waals surface area contributed by atoms with E-state index in [4.69, 9.17) is 9.47 Å². The highest BCUT2D eigenvalue weighted by Crippen LogP contribution is 2.65. The van der Waals surface area contributed by atoms with Gasteiger partial charge in [-0.05, 0) is 74.8 Å². The van der Waals surface area contributed by atoms with E-state index in [0.717, 1.165) is 29.8 Å². The van der Waals surface area contributed by atoms with Crippen molar-refractivity contribution in [2.45, 2.75) is 62.2 Å². The molecule has 194 valence electrons. The zero-order chi connectivity index (χ0) is 25.7. The fraction of sp³-hybridized carbons (Fsp3) is 0.517. The van der Waals surface area contributed by atoms with Crippen molar-refractivity contribution >= 4 is 17.4 Å². The van der Waals surface area contributed by atoms with Crippen LogP contribution in [0.4, 0.5) is 5.69 Å².